The summed E-state index contributed by atoms with van der Waals surface area (Å²) < 4.78 is 10.7. The predicted octanol–water partition coefficient (Wildman–Crippen LogP) is 2.27. The minimum Gasteiger partial charge on any atom is -0.463 e. The largest absolute Gasteiger partial charge is 0.463 e. The van der Waals surface area contributed by atoms with E-state index < -0.39 is 29.8 Å². The fourth-order valence-electron chi connectivity index (χ4n) is 4.41. The summed E-state index contributed by atoms with van der Waals surface area (Å²) in [6, 6.07) is 7.71. The van der Waals surface area contributed by atoms with Crippen LogP contribution in [0.2, 0.25) is 0 Å². The molecule has 1 aromatic rings. The van der Waals surface area contributed by atoms with Gasteiger partial charge >= 0.3 is 11.9 Å². The van der Waals surface area contributed by atoms with Crippen LogP contribution in [0, 0.1) is 5.92 Å². The SMILES string of the molecule is O=C1CCCCC=CCC(CC(=O)N2CCCC2CO)C(=O)NC(C(=O)OCc2ccccc2)CO1. The molecule has 9 nitrogen and oxygen atoms in total. The first-order chi connectivity index (χ1) is 17.5. The molecule has 0 spiro atoms. The van der Waals surface area contributed by atoms with Gasteiger partial charge in [-0.25, -0.2) is 4.79 Å². The molecule has 2 aliphatic heterocycles. The van der Waals surface area contributed by atoms with Crippen LogP contribution in [0.1, 0.15) is 56.9 Å². The number of benzene rings is 1. The average Bonchev–Trinajstić information content (AvgIpc) is 3.37. The normalized spacial score (nSPS) is 23.9. The van der Waals surface area contributed by atoms with Crippen molar-refractivity contribution >= 4 is 23.8 Å². The van der Waals surface area contributed by atoms with Crippen molar-refractivity contribution in [2.24, 2.45) is 5.92 Å². The van der Waals surface area contributed by atoms with Crippen molar-refractivity contribution in [3.63, 3.8) is 0 Å². The number of aliphatic hydroxyl groups is 1. The van der Waals surface area contributed by atoms with Crippen LogP contribution in [0.15, 0.2) is 42.5 Å². The topological polar surface area (TPSA) is 122 Å². The first kappa shape index (κ1) is 27.4. The van der Waals surface area contributed by atoms with Crippen molar-refractivity contribution < 1.29 is 33.8 Å². The van der Waals surface area contributed by atoms with Gasteiger partial charge < -0.3 is 24.8 Å². The lowest BCUT2D eigenvalue weighted by Gasteiger charge is -2.26. The Kier molecular flexibility index (Phi) is 10.9. The molecule has 3 atom stereocenters. The average molecular weight is 501 g/mol. The van der Waals surface area contributed by atoms with Gasteiger partial charge in [-0.1, -0.05) is 42.5 Å². The predicted molar refractivity (Wildman–Crippen MR) is 131 cm³/mol. The molecule has 1 saturated heterocycles. The second-order valence-electron chi connectivity index (χ2n) is 9.26. The Morgan fingerprint density at radius 2 is 1.92 bits per heavy atom. The molecule has 2 N–H and O–H groups in total. The lowest BCUT2D eigenvalue weighted by atomic mass is 9.97. The van der Waals surface area contributed by atoms with Gasteiger partial charge in [0.1, 0.15) is 13.2 Å². The van der Waals surface area contributed by atoms with Gasteiger partial charge in [0.05, 0.1) is 18.6 Å². The van der Waals surface area contributed by atoms with E-state index in [0.29, 0.717) is 19.4 Å². The summed E-state index contributed by atoms with van der Waals surface area (Å²) in [5.74, 6) is -2.55. The van der Waals surface area contributed by atoms with Crippen molar-refractivity contribution in [1.29, 1.82) is 0 Å². The highest BCUT2D eigenvalue weighted by molar-refractivity contribution is 5.89. The highest BCUT2D eigenvalue weighted by Gasteiger charge is 2.33. The molecular weight excluding hydrogens is 464 g/mol. The lowest BCUT2D eigenvalue weighted by Crippen LogP contribution is -2.48. The summed E-state index contributed by atoms with van der Waals surface area (Å²) in [5, 5.41) is 12.2. The van der Waals surface area contributed by atoms with Crippen LogP contribution >= 0.6 is 0 Å². The Hall–Kier alpha value is -3.20. The number of carbonyl (C=O) groups is 4. The molecular formula is C27H36N2O7. The Morgan fingerprint density at radius 3 is 2.69 bits per heavy atom. The molecule has 1 aromatic carbocycles. The standard InChI is InChI=1S/C27H36N2O7/c30-17-22-13-9-15-29(22)24(31)16-21-12-7-2-1-3-8-14-25(32)35-19-23(28-26(21)33)27(34)36-18-20-10-5-4-6-11-20/h2,4-7,10-11,21-23,30H,1,3,8-9,12-19H2,(H,28,33). The number of nitrogens with one attached hydrogen (secondary N) is 1. The second-order valence-corrected chi connectivity index (χ2v) is 9.26. The minimum atomic E-state index is -1.19. The molecule has 3 rings (SSSR count). The van der Waals surface area contributed by atoms with E-state index in [1.165, 1.54) is 0 Å². The fourth-order valence-corrected chi connectivity index (χ4v) is 4.41. The van der Waals surface area contributed by atoms with E-state index >= 15 is 0 Å². The van der Waals surface area contributed by atoms with Gasteiger partial charge in [-0.3, -0.25) is 14.4 Å². The quantitative estimate of drug-likeness (QED) is 0.454. The highest BCUT2D eigenvalue weighted by Crippen LogP contribution is 2.21. The van der Waals surface area contributed by atoms with Gasteiger partial charge in [0, 0.05) is 19.4 Å². The summed E-state index contributed by atoms with van der Waals surface area (Å²) in [6.07, 6.45) is 8.08. The number of amides is 2. The maximum Gasteiger partial charge on any atom is 0.332 e. The maximum absolute atomic E-state index is 13.2. The summed E-state index contributed by atoms with van der Waals surface area (Å²) in [5.41, 5.74) is 0.785. The zero-order chi connectivity index (χ0) is 25.8. The Labute approximate surface area is 211 Å². The van der Waals surface area contributed by atoms with Crippen molar-refractivity contribution in [3.8, 4) is 0 Å². The van der Waals surface area contributed by atoms with Crippen molar-refractivity contribution in [2.45, 2.75) is 70.1 Å². The molecule has 0 aromatic heterocycles. The Bertz CT molecular complexity index is 918. The molecule has 9 heteroatoms. The third-order valence-corrected chi connectivity index (χ3v) is 6.52. The summed E-state index contributed by atoms with van der Waals surface area (Å²) >= 11 is 0. The molecule has 196 valence electrons. The lowest BCUT2D eigenvalue weighted by molar-refractivity contribution is -0.155. The maximum atomic E-state index is 13.2. The Morgan fingerprint density at radius 1 is 1.11 bits per heavy atom. The van der Waals surface area contributed by atoms with Gasteiger partial charge in [-0.15, -0.1) is 0 Å². The highest BCUT2D eigenvalue weighted by atomic mass is 16.6. The van der Waals surface area contributed by atoms with E-state index in [0.717, 1.165) is 31.2 Å². The number of nitrogens with zero attached hydrogens (tertiary/aromatic N) is 1. The number of cyclic esters (lactones) is 1. The zero-order valence-electron chi connectivity index (χ0n) is 20.6. The number of ether oxygens (including phenoxy) is 2. The van der Waals surface area contributed by atoms with E-state index in [9.17, 15) is 24.3 Å². The Balaban J connectivity index is 1.71. The van der Waals surface area contributed by atoms with Crippen LogP contribution in [-0.4, -0.2) is 65.6 Å². The molecule has 2 amide bonds. The van der Waals surface area contributed by atoms with Gasteiger partial charge in [-0.05, 0) is 44.1 Å². The summed E-state index contributed by atoms with van der Waals surface area (Å²) in [7, 11) is 0. The van der Waals surface area contributed by atoms with Gasteiger partial charge in [0.25, 0.3) is 0 Å². The second kappa shape index (κ2) is 14.4. The third kappa shape index (κ3) is 8.48. The molecule has 2 heterocycles. The monoisotopic (exact) mass is 500 g/mol. The van der Waals surface area contributed by atoms with Gasteiger partial charge in [0.15, 0.2) is 6.04 Å². The van der Waals surface area contributed by atoms with E-state index in [-0.39, 0.29) is 44.6 Å². The van der Waals surface area contributed by atoms with Crippen molar-refractivity contribution in [3.05, 3.63) is 48.0 Å². The molecule has 1 fully saturated rings. The molecule has 0 radical (unpaired) electrons. The number of esters is 2. The van der Waals surface area contributed by atoms with Gasteiger partial charge in [-0.2, -0.15) is 0 Å². The number of hydrogen-bond donors (Lipinski definition) is 2. The zero-order valence-corrected chi connectivity index (χ0v) is 20.6. The number of likely N-dealkylation sites (tertiary alicyclic amines) is 1. The van der Waals surface area contributed by atoms with Crippen LogP contribution in [0.5, 0.6) is 0 Å². The number of carbonyl (C=O) groups excluding carboxylic acids is 4. The number of rotatable bonds is 6. The van der Waals surface area contributed by atoms with Crippen LogP contribution in [0.3, 0.4) is 0 Å². The number of allylic oxidation sites excluding steroid dienone is 2. The number of aliphatic hydroxyl groups excluding tert-OH is 1. The van der Waals surface area contributed by atoms with Crippen molar-refractivity contribution in [2.75, 3.05) is 19.8 Å². The van der Waals surface area contributed by atoms with E-state index in [1.54, 1.807) is 4.90 Å². The first-order valence-electron chi connectivity index (χ1n) is 12.7. The smallest absolute Gasteiger partial charge is 0.332 e. The first-order valence-corrected chi connectivity index (χ1v) is 12.7. The van der Waals surface area contributed by atoms with Crippen LogP contribution in [0.25, 0.3) is 0 Å². The summed E-state index contributed by atoms with van der Waals surface area (Å²) in [6.45, 7) is 0.122. The molecule has 3 unspecified atom stereocenters. The molecule has 0 bridgehead atoms. The third-order valence-electron chi connectivity index (χ3n) is 6.52. The summed E-state index contributed by atoms with van der Waals surface area (Å²) in [4.78, 5) is 52.8. The molecule has 2 aliphatic rings. The van der Waals surface area contributed by atoms with Crippen LogP contribution < -0.4 is 5.32 Å². The molecule has 0 aliphatic carbocycles. The fraction of sp³-hybridized carbons (Fsp3) is 0.556. The van der Waals surface area contributed by atoms with E-state index in [4.69, 9.17) is 9.47 Å². The van der Waals surface area contributed by atoms with Crippen molar-refractivity contribution in [1.82, 2.24) is 10.2 Å². The van der Waals surface area contributed by atoms with Gasteiger partial charge in [0.2, 0.25) is 11.8 Å². The number of hydrogen-bond acceptors (Lipinski definition) is 7. The minimum absolute atomic E-state index is 0.0160. The van der Waals surface area contributed by atoms with E-state index in [1.807, 2.05) is 42.5 Å². The van der Waals surface area contributed by atoms with Crippen LogP contribution in [0.4, 0.5) is 0 Å². The molecule has 36 heavy (non-hydrogen) atoms. The van der Waals surface area contributed by atoms with E-state index in [2.05, 4.69) is 5.32 Å². The molecule has 0 saturated carbocycles. The van der Waals surface area contributed by atoms with Crippen LogP contribution in [-0.2, 0) is 35.3 Å².